The van der Waals surface area contributed by atoms with Crippen molar-refractivity contribution in [1.82, 2.24) is 15.3 Å². The Kier molecular flexibility index (Phi) is 6.33. The molecule has 0 aliphatic carbocycles. The van der Waals surface area contributed by atoms with Crippen molar-refractivity contribution in [2.75, 3.05) is 6.26 Å². The molecule has 1 heterocycles. The zero-order valence-corrected chi connectivity index (χ0v) is 14.9. The maximum atomic E-state index is 12.1. The van der Waals surface area contributed by atoms with Crippen LogP contribution in [0.25, 0.3) is 0 Å². The van der Waals surface area contributed by atoms with Crippen molar-refractivity contribution < 1.29 is 4.79 Å². The van der Waals surface area contributed by atoms with E-state index in [1.165, 1.54) is 11.8 Å². The standard InChI is InChI=1S/C18H20N4OS/c1-12-16(13(2)22-18(21-12)24-3)8-9-17(23)20-11-15-6-4-14(10-19)5-7-15/h4-7H,8-9,11H2,1-3H3,(H,20,23). The summed E-state index contributed by atoms with van der Waals surface area (Å²) in [6.07, 6.45) is 2.98. The summed E-state index contributed by atoms with van der Waals surface area (Å²) in [6.45, 7) is 4.38. The summed E-state index contributed by atoms with van der Waals surface area (Å²) in [5.74, 6) is -0.00731. The number of carbonyl (C=O) groups is 1. The second-order valence-electron chi connectivity index (χ2n) is 5.45. The second-order valence-corrected chi connectivity index (χ2v) is 6.22. The van der Waals surface area contributed by atoms with E-state index >= 15 is 0 Å². The summed E-state index contributed by atoms with van der Waals surface area (Å²) < 4.78 is 0. The van der Waals surface area contributed by atoms with Crippen LogP contribution in [-0.4, -0.2) is 22.1 Å². The van der Waals surface area contributed by atoms with Crippen LogP contribution in [0.5, 0.6) is 0 Å². The molecule has 2 rings (SSSR count). The van der Waals surface area contributed by atoms with Crippen molar-refractivity contribution in [3.63, 3.8) is 0 Å². The number of nitrogens with one attached hydrogen (secondary N) is 1. The highest BCUT2D eigenvalue weighted by Crippen LogP contribution is 2.17. The lowest BCUT2D eigenvalue weighted by molar-refractivity contribution is -0.121. The van der Waals surface area contributed by atoms with Gasteiger partial charge in [0.2, 0.25) is 5.91 Å². The van der Waals surface area contributed by atoms with Gasteiger partial charge in [-0.1, -0.05) is 23.9 Å². The third-order valence-corrected chi connectivity index (χ3v) is 4.31. The molecule has 1 N–H and O–H groups in total. The fraction of sp³-hybridized carbons (Fsp3) is 0.333. The van der Waals surface area contributed by atoms with Crippen molar-refractivity contribution in [3.8, 4) is 6.07 Å². The molecule has 1 amide bonds. The Labute approximate surface area is 146 Å². The first-order chi connectivity index (χ1) is 11.5. The topological polar surface area (TPSA) is 78.7 Å². The molecule has 5 nitrogen and oxygen atoms in total. The Morgan fingerprint density at radius 2 is 1.83 bits per heavy atom. The molecule has 0 atom stereocenters. The summed E-state index contributed by atoms with van der Waals surface area (Å²) in [7, 11) is 0. The van der Waals surface area contributed by atoms with Gasteiger partial charge in [-0.15, -0.1) is 0 Å². The van der Waals surface area contributed by atoms with Gasteiger partial charge in [-0.25, -0.2) is 9.97 Å². The lowest BCUT2D eigenvalue weighted by Crippen LogP contribution is -2.23. The number of hydrogen-bond donors (Lipinski definition) is 1. The highest BCUT2D eigenvalue weighted by molar-refractivity contribution is 7.98. The van der Waals surface area contributed by atoms with Gasteiger partial charge in [-0.3, -0.25) is 4.79 Å². The van der Waals surface area contributed by atoms with Gasteiger partial charge < -0.3 is 5.32 Å². The van der Waals surface area contributed by atoms with E-state index in [4.69, 9.17) is 5.26 Å². The quantitative estimate of drug-likeness (QED) is 0.646. The molecule has 0 radical (unpaired) electrons. The van der Waals surface area contributed by atoms with E-state index in [1.807, 2.05) is 32.2 Å². The average Bonchev–Trinajstić information content (AvgIpc) is 2.59. The number of aromatic nitrogens is 2. The first-order valence-corrected chi connectivity index (χ1v) is 8.89. The Hall–Kier alpha value is -2.39. The maximum absolute atomic E-state index is 12.1. The van der Waals surface area contributed by atoms with Gasteiger partial charge in [0.05, 0.1) is 11.6 Å². The van der Waals surface area contributed by atoms with Crippen LogP contribution in [0.15, 0.2) is 29.4 Å². The molecule has 0 unspecified atom stereocenters. The molecule has 0 spiro atoms. The fourth-order valence-corrected chi connectivity index (χ4v) is 2.84. The molecule has 6 heteroatoms. The number of nitriles is 1. The summed E-state index contributed by atoms with van der Waals surface area (Å²) in [4.78, 5) is 20.9. The third kappa shape index (κ3) is 4.80. The zero-order chi connectivity index (χ0) is 17.5. The molecule has 0 aliphatic heterocycles. The summed E-state index contributed by atoms with van der Waals surface area (Å²) in [6, 6.07) is 9.27. The van der Waals surface area contributed by atoms with E-state index in [-0.39, 0.29) is 5.91 Å². The van der Waals surface area contributed by atoms with Crippen molar-refractivity contribution in [2.24, 2.45) is 0 Å². The number of aryl methyl sites for hydroxylation is 2. The van der Waals surface area contributed by atoms with E-state index in [9.17, 15) is 4.79 Å². The highest BCUT2D eigenvalue weighted by atomic mass is 32.2. The summed E-state index contributed by atoms with van der Waals surface area (Å²) in [5, 5.41) is 12.4. The third-order valence-electron chi connectivity index (χ3n) is 3.76. The molecule has 2 aromatic rings. The number of benzene rings is 1. The normalized spacial score (nSPS) is 10.2. The highest BCUT2D eigenvalue weighted by Gasteiger charge is 2.10. The number of amides is 1. The van der Waals surface area contributed by atoms with Gasteiger partial charge in [-0.2, -0.15) is 5.26 Å². The van der Waals surface area contributed by atoms with E-state index in [2.05, 4.69) is 21.4 Å². The van der Waals surface area contributed by atoms with Crippen LogP contribution in [0.4, 0.5) is 0 Å². The Morgan fingerprint density at radius 3 is 2.38 bits per heavy atom. The maximum Gasteiger partial charge on any atom is 0.220 e. The number of hydrogen-bond acceptors (Lipinski definition) is 5. The van der Waals surface area contributed by atoms with Gasteiger partial charge in [0.1, 0.15) is 0 Å². The van der Waals surface area contributed by atoms with E-state index < -0.39 is 0 Å². The van der Waals surface area contributed by atoms with Gasteiger partial charge in [0, 0.05) is 24.4 Å². The van der Waals surface area contributed by atoms with Crippen LogP contribution in [0.2, 0.25) is 0 Å². The van der Waals surface area contributed by atoms with Gasteiger partial charge >= 0.3 is 0 Å². The van der Waals surface area contributed by atoms with Crippen molar-refractivity contribution >= 4 is 17.7 Å². The molecule has 0 bridgehead atoms. The van der Waals surface area contributed by atoms with Gasteiger partial charge in [0.25, 0.3) is 0 Å². The van der Waals surface area contributed by atoms with Gasteiger partial charge in [0.15, 0.2) is 5.16 Å². The first kappa shape index (κ1) is 18.0. The SMILES string of the molecule is CSc1nc(C)c(CCC(=O)NCc2ccc(C#N)cc2)c(C)n1. The Bertz CT molecular complexity index is 743. The van der Waals surface area contributed by atoms with Gasteiger partial charge in [-0.05, 0) is 49.8 Å². The monoisotopic (exact) mass is 340 g/mol. The van der Waals surface area contributed by atoms with Crippen LogP contribution >= 0.6 is 11.8 Å². The minimum absolute atomic E-state index is 0.00731. The van der Waals surface area contributed by atoms with Crippen molar-refractivity contribution in [2.45, 2.75) is 38.4 Å². The van der Waals surface area contributed by atoms with Crippen LogP contribution < -0.4 is 5.32 Å². The van der Waals surface area contributed by atoms with E-state index in [1.54, 1.807) is 12.1 Å². The second kappa shape index (κ2) is 8.46. The van der Waals surface area contributed by atoms with Crippen molar-refractivity contribution in [3.05, 3.63) is 52.3 Å². The lowest BCUT2D eigenvalue weighted by atomic mass is 10.1. The van der Waals surface area contributed by atoms with E-state index in [0.717, 1.165) is 27.7 Å². The molecular formula is C18H20N4OS. The summed E-state index contributed by atoms with van der Waals surface area (Å²) in [5.41, 5.74) is 4.51. The van der Waals surface area contributed by atoms with Crippen LogP contribution in [-0.2, 0) is 17.8 Å². The minimum atomic E-state index is -0.00731. The largest absolute Gasteiger partial charge is 0.352 e. The fourth-order valence-electron chi connectivity index (χ4n) is 2.39. The number of nitrogens with zero attached hydrogens (tertiary/aromatic N) is 3. The molecule has 0 saturated heterocycles. The van der Waals surface area contributed by atoms with Crippen molar-refractivity contribution in [1.29, 1.82) is 5.26 Å². The minimum Gasteiger partial charge on any atom is -0.352 e. The Balaban J connectivity index is 1.88. The predicted molar refractivity (Wildman–Crippen MR) is 94.6 cm³/mol. The molecule has 24 heavy (non-hydrogen) atoms. The number of thioether (sulfide) groups is 1. The molecular weight excluding hydrogens is 320 g/mol. The molecule has 1 aromatic carbocycles. The number of carbonyl (C=O) groups excluding carboxylic acids is 1. The van der Waals surface area contributed by atoms with Crippen LogP contribution in [0.3, 0.4) is 0 Å². The van der Waals surface area contributed by atoms with E-state index in [0.29, 0.717) is 24.9 Å². The molecule has 0 saturated carbocycles. The zero-order valence-electron chi connectivity index (χ0n) is 14.1. The average molecular weight is 340 g/mol. The molecule has 124 valence electrons. The predicted octanol–water partition coefficient (Wildman–Crippen LogP) is 2.94. The molecule has 0 aliphatic rings. The van der Waals surface area contributed by atoms with Crippen LogP contribution in [0, 0.1) is 25.2 Å². The summed E-state index contributed by atoms with van der Waals surface area (Å²) >= 11 is 1.52. The first-order valence-electron chi connectivity index (χ1n) is 7.67. The lowest BCUT2D eigenvalue weighted by Gasteiger charge is -2.10. The molecule has 1 aromatic heterocycles. The van der Waals surface area contributed by atoms with Crippen LogP contribution in [0.1, 0.15) is 34.5 Å². The molecule has 0 fully saturated rings. The smallest absolute Gasteiger partial charge is 0.220 e. The Morgan fingerprint density at radius 1 is 1.21 bits per heavy atom. The number of rotatable bonds is 6.